The second kappa shape index (κ2) is 5.70. The number of fused-ring (bicyclic) bond motifs is 1. The summed E-state index contributed by atoms with van der Waals surface area (Å²) in [5, 5.41) is 9.10. The first-order chi connectivity index (χ1) is 10.1. The minimum Gasteiger partial charge on any atom is -0.454 e. The van der Waals surface area contributed by atoms with E-state index in [-0.39, 0.29) is 19.3 Å². The maximum absolute atomic E-state index is 12.3. The Balaban J connectivity index is 1.69. The van der Waals surface area contributed by atoms with Gasteiger partial charge in [-0.25, -0.2) is 0 Å². The molecule has 0 aliphatic carbocycles. The molecule has 7 nitrogen and oxygen atoms in total. The Morgan fingerprint density at radius 1 is 1.24 bits per heavy atom. The molecular formula is C13H18N2O5S. The predicted octanol–water partition coefficient (Wildman–Crippen LogP) is 0.776. The maximum Gasteiger partial charge on any atom is 0.301 e. The van der Waals surface area contributed by atoms with Crippen LogP contribution in [0.25, 0.3) is 0 Å². The SMILES string of the molecule is O=S(=O)(Nc1ccc2c(c1)OCO2)N1CCC(CO)CC1. The molecule has 2 aliphatic rings. The van der Waals surface area contributed by atoms with Crippen molar-refractivity contribution < 1.29 is 23.0 Å². The first kappa shape index (κ1) is 14.4. The van der Waals surface area contributed by atoms with Gasteiger partial charge in [-0.05, 0) is 30.9 Å². The average Bonchev–Trinajstić information content (AvgIpc) is 2.94. The first-order valence-corrected chi connectivity index (χ1v) is 8.31. The van der Waals surface area contributed by atoms with Crippen molar-refractivity contribution in [2.75, 3.05) is 31.2 Å². The van der Waals surface area contributed by atoms with Crippen molar-refractivity contribution in [2.45, 2.75) is 12.8 Å². The highest BCUT2D eigenvalue weighted by atomic mass is 32.2. The van der Waals surface area contributed by atoms with Gasteiger partial charge in [0.25, 0.3) is 0 Å². The monoisotopic (exact) mass is 314 g/mol. The second-order valence-corrected chi connectivity index (χ2v) is 6.87. The fraction of sp³-hybridized carbons (Fsp3) is 0.538. The number of rotatable bonds is 4. The highest BCUT2D eigenvalue weighted by molar-refractivity contribution is 7.90. The lowest BCUT2D eigenvalue weighted by molar-refractivity contribution is 0.170. The second-order valence-electron chi connectivity index (χ2n) is 5.20. The van der Waals surface area contributed by atoms with Crippen molar-refractivity contribution in [3.8, 4) is 11.5 Å². The summed E-state index contributed by atoms with van der Waals surface area (Å²) in [7, 11) is -3.58. The lowest BCUT2D eigenvalue weighted by Crippen LogP contribution is -2.42. The van der Waals surface area contributed by atoms with E-state index in [0.29, 0.717) is 43.1 Å². The van der Waals surface area contributed by atoms with Gasteiger partial charge in [0.05, 0.1) is 5.69 Å². The Hall–Kier alpha value is -1.51. The molecule has 0 aromatic heterocycles. The molecule has 1 saturated heterocycles. The van der Waals surface area contributed by atoms with Crippen LogP contribution in [0.3, 0.4) is 0 Å². The first-order valence-electron chi connectivity index (χ1n) is 6.87. The molecule has 1 aromatic rings. The summed E-state index contributed by atoms with van der Waals surface area (Å²) in [5.41, 5.74) is 0.448. The van der Waals surface area contributed by atoms with Gasteiger partial charge >= 0.3 is 10.2 Å². The third-order valence-corrected chi connectivity index (χ3v) is 5.33. The normalized spacial score (nSPS) is 19.7. The van der Waals surface area contributed by atoms with E-state index < -0.39 is 10.2 Å². The van der Waals surface area contributed by atoms with Crippen LogP contribution < -0.4 is 14.2 Å². The van der Waals surface area contributed by atoms with Gasteiger partial charge in [0.2, 0.25) is 6.79 Å². The Kier molecular flexibility index (Phi) is 3.92. The third-order valence-electron chi connectivity index (χ3n) is 3.79. The zero-order valence-electron chi connectivity index (χ0n) is 11.5. The minimum atomic E-state index is -3.58. The van der Waals surface area contributed by atoms with Crippen molar-refractivity contribution in [1.82, 2.24) is 4.31 Å². The Morgan fingerprint density at radius 2 is 1.95 bits per heavy atom. The average molecular weight is 314 g/mol. The number of hydrogen-bond acceptors (Lipinski definition) is 5. The number of ether oxygens (including phenoxy) is 2. The van der Waals surface area contributed by atoms with Crippen molar-refractivity contribution >= 4 is 15.9 Å². The number of nitrogens with one attached hydrogen (secondary N) is 1. The molecule has 3 rings (SSSR count). The number of hydrogen-bond donors (Lipinski definition) is 2. The summed E-state index contributed by atoms with van der Waals surface area (Å²) in [4.78, 5) is 0. The van der Waals surface area contributed by atoms with Gasteiger partial charge in [0, 0.05) is 25.8 Å². The van der Waals surface area contributed by atoms with Crippen LogP contribution in [0.2, 0.25) is 0 Å². The van der Waals surface area contributed by atoms with E-state index >= 15 is 0 Å². The molecule has 0 radical (unpaired) electrons. The number of anilines is 1. The molecule has 0 spiro atoms. The molecule has 2 heterocycles. The van der Waals surface area contributed by atoms with Gasteiger partial charge in [0.1, 0.15) is 0 Å². The van der Waals surface area contributed by atoms with Gasteiger partial charge in [-0.2, -0.15) is 12.7 Å². The molecule has 0 unspecified atom stereocenters. The van der Waals surface area contributed by atoms with E-state index in [2.05, 4.69) is 4.72 Å². The molecule has 1 aromatic carbocycles. The molecule has 116 valence electrons. The van der Waals surface area contributed by atoms with Crippen molar-refractivity contribution in [3.63, 3.8) is 0 Å². The quantitative estimate of drug-likeness (QED) is 0.857. The molecule has 8 heteroatoms. The van der Waals surface area contributed by atoms with Crippen LogP contribution in [0.4, 0.5) is 5.69 Å². The Morgan fingerprint density at radius 3 is 2.67 bits per heavy atom. The molecule has 21 heavy (non-hydrogen) atoms. The third kappa shape index (κ3) is 3.07. The van der Waals surface area contributed by atoms with Crippen LogP contribution in [0.5, 0.6) is 11.5 Å². The van der Waals surface area contributed by atoms with E-state index in [0.717, 1.165) is 0 Å². The maximum atomic E-state index is 12.3. The summed E-state index contributed by atoms with van der Waals surface area (Å²) in [5.74, 6) is 1.35. The molecular weight excluding hydrogens is 296 g/mol. The standard InChI is InChI=1S/C13H18N2O5S/c16-8-10-3-5-15(6-4-10)21(17,18)14-11-1-2-12-13(7-11)20-9-19-12/h1-2,7,10,14,16H,3-6,8-9H2. The van der Waals surface area contributed by atoms with Crippen LogP contribution >= 0.6 is 0 Å². The molecule has 2 aliphatic heterocycles. The minimum absolute atomic E-state index is 0.115. The van der Waals surface area contributed by atoms with Crippen LogP contribution in [0.15, 0.2) is 18.2 Å². The topological polar surface area (TPSA) is 88.1 Å². The lowest BCUT2D eigenvalue weighted by atomic mass is 10.00. The summed E-state index contributed by atoms with van der Waals surface area (Å²) < 4.78 is 39.0. The summed E-state index contributed by atoms with van der Waals surface area (Å²) >= 11 is 0. The van der Waals surface area contributed by atoms with E-state index in [1.165, 1.54) is 4.31 Å². The van der Waals surface area contributed by atoms with Gasteiger partial charge < -0.3 is 14.6 Å². The van der Waals surface area contributed by atoms with Crippen molar-refractivity contribution in [3.05, 3.63) is 18.2 Å². The number of benzene rings is 1. The number of aliphatic hydroxyl groups excluding tert-OH is 1. The van der Waals surface area contributed by atoms with E-state index in [9.17, 15) is 8.42 Å². The smallest absolute Gasteiger partial charge is 0.301 e. The fourth-order valence-electron chi connectivity index (χ4n) is 2.51. The molecule has 1 fully saturated rings. The molecule has 0 amide bonds. The summed E-state index contributed by atoms with van der Waals surface area (Å²) in [6, 6.07) is 4.93. The van der Waals surface area contributed by atoms with E-state index in [1.807, 2.05) is 0 Å². The molecule has 2 N–H and O–H groups in total. The van der Waals surface area contributed by atoms with E-state index in [4.69, 9.17) is 14.6 Å². The van der Waals surface area contributed by atoms with Gasteiger partial charge in [-0.1, -0.05) is 0 Å². The largest absolute Gasteiger partial charge is 0.454 e. The van der Waals surface area contributed by atoms with Crippen LogP contribution in [0, 0.1) is 5.92 Å². The van der Waals surface area contributed by atoms with Crippen LogP contribution in [-0.2, 0) is 10.2 Å². The molecule has 0 atom stereocenters. The summed E-state index contributed by atoms with van der Waals surface area (Å²) in [6.45, 7) is 1.11. The van der Waals surface area contributed by atoms with Gasteiger partial charge in [0.15, 0.2) is 11.5 Å². The van der Waals surface area contributed by atoms with Crippen molar-refractivity contribution in [2.24, 2.45) is 5.92 Å². The van der Waals surface area contributed by atoms with Crippen LogP contribution in [0.1, 0.15) is 12.8 Å². The predicted molar refractivity (Wildman–Crippen MR) is 76.5 cm³/mol. The highest BCUT2D eigenvalue weighted by Crippen LogP contribution is 2.34. The highest BCUT2D eigenvalue weighted by Gasteiger charge is 2.28. The van der Waals surface area contributed by atoms with Crippen LogP contribution in [-0.4, -0.2) is 44.3 Å². The fourth-order valence-corrected chi connectivity index (χ4v) is 3.75. The van der Waals surface area contributed by atoms with Gasteiger partial charge in [-0.3, -0.25) is 4.72 Å². The number of aliphatic hydroxyl groups is 1. The Labute approximate surface area is 123 Å². The Bertz CT molecular complexity index is 611. The van der Waals surface area contributed by atoms with Gasteiger partial charge in [-0.15, -0.1) is 0 Å². The van der Waals surface area contributed by atoms with E-state index in [1.54, 1.807) is 18.2 Å². The molecule has 0 saturated carbocycles. The van der Waals surface area contributed by atoms with Crippen molar-refractivity contribution in [1.29, 1.82) is 0 Å². The zero-order chi connectivity index (χ0) is 14.9. The zero-order valence-corrected chi connectivity index (χ0v) is 12.3. The summed E-state index contributed by atoms with van der Waals surface area (Å²) in [6.07, 6.45) is 1.36. The number of nitrogens with zero attached hydrogens (tertiary/aromatic N) is 1. The molecule has 0 bridgehead atoms. The lowest BCUT2D eigenvalue weighted by Gasteiger charge is -2.30. The number of piperidine rings is 1.